The number of hydrogen-bond acceptors (Lipinski definition) is 5. The van der Waals surface area contributed by atoms with Gasteiger partial charge in [-0.3, -0.25) is 4.79 Å². The van der Waals surface area contributed by atoms with Crippen LogP contribution in [0.25, 0.3) is 10.9 Å². The van der Waals surface area contributed by atoms with E-state index in [0.717, 1.165) is 18.2 Å². The minimum Gasteiger partial charge on any atom is -0.489 e. The minimum atomic E-state index is -3.03. The molecule has 2 aromatic carbocycles. The maximum absolute atomic E-state index is 13.3. The molecule has 0 saturated heterocycles. The number of halogens is 4. The van der Waals surface area contributed by atoms with Gasteiger partial charge in [0.15, 0.2) is 23.9 Å². The number of nitriles is 1. The first-order valence-electron chi connectivity index (χ1n) is 12.6. The summed E-state index contributed by atoms with van der Waals surface area (Å²) >= 11 is 12.8. The highest BCUT2D eigenvalue weighted by Gasteiger charge is 2.26. The first kappa shape index (κ1) is 27.7. The number of nitrogens with zero attached hydrogens (tertiary/aromatic N) is 2. The normalized spacial score (nSPS) is 13.7. The molecule has 40 heavy (non-hydrogen) atoms. The maximum Gasteiger partial charge on any atom is 0.387 e. The van der Waals surface area contributed by atoms with Crippen molar-refractivity contribution in [3.8, 4) is 17.6 Å². The monoisotopic (exact) mass is 586 g/mol. The van der Waals surface area contributed by atoms with E-state index in [1.807, 2.05) is 18.2 Å². The second-order valence-corrected chi connectivity index (χ2v) is 10.3. The summed E-state index contributed by atoms with van der Waals surface area (Å²) in [6, 6.07) is 13.8. The largest absolute Gasteiger partial charge is 0.489 e. The molecule has 1 saturated carbocycles. The van der Waals surface area contributed by atoms with Crippen LogP contribution in [-0.2, 0) is 22.5 Å². The number of pyridine rings is 1. The van der Waals surface area contributed by atoms with Gasteiger partial charge in [-0.2, -0.15) is 14.0 Å². The molecule has 1 N–H and O–H groups in total. The number of benzene rings is 2. The van der Waals surface area contributed by atoms with Crippen molar-refractivity contribution in [2.24, 2.45) is 5.92 Å². The molecule has 0 unspecified atom stereocenters. The molecule has 0 spiro atoms. The lowest BCUT2D eigenvalue weighted by Gasteiger charge is -2.21. The van der Waals surface area contributed by atoms with Crippen molar-refractivity contribution in [1.29, 1.82) is 5.26 Å². The maximum atomic E-state index is 13.3. The van der Waals surface area contributed by atoms with Gasteiger partial charge in [-0.25, -0.2) is 4.98 Å². The lowest BCUT2D eigenvalue weighted by atomic mass is 10.0. The van der Waals surface area contributed by atoms with E-state index in [0.29, 0.717) is 44.8 Å². The fourth-order valence-corrected chi connectivity index (χ4v) is 4.94. The Hall–Kier alpha value is -3.87. The van der Waals surface area contributed by atoms with Gasteiger partial charge in [0.1, 0.15) is 28.8 Å². The standard InChI is InChI=1S/C29H23Cl2F2N3O4/c30-22-12-35-13-23(31)21(22)10-26(18-7-8-25(40-29(32)33)27(9-18)38-16-17-5-6-17)39-28(37)15-36-14-19(11-34)20-3-1-2-4-24(20)36/h1-4,7-9,12-14,17,26,29H,5-6,10,15-16H2/p+1/t26-/m0/s1. The van der Waals surface area contributed by atoms with Crippen molar-refractivity contribution < 1.29 is 32.8 Å². The third-order valence-electron chi connectivity index (χ3n) is 6.60. The summed E-state index contributed by atoms with van der Waals surface area (Å²) in [4.78, 5) is 16.1. The van der Waals surface area contributed by atoms with Crippen LogP contribution in [0.15, 0.2) is 61.1 Å². The highest BCUT2D eigenvalue weighted by molar-refractivity contribution is 6.35. The second-order valence-electron chi connectivity index (χ2n) is 9.45. The number of esters is 1. The van der Waals surface area contributed by atoms with E-state index in [9.17, 15) is 18.8 Å². The molecule has 2 heterocycles. The van der Waals surface area contributed by atoms with Gasteiger partial charge in [0.05, 0.1) is 12.2 Å². The number of rotatable bonds is 11. The molecule has 1 atom stereocenters. The Labute approximate surface area is 238 Å². The summed E-state index contributed by atoms with van der Waals surface area (Å²) in [5.41, 5.74) is 2.16. The molecule has 11 heteroatoms. The van der Waals surface area contributed by atoms with E-state index in [-0.39, 0.29) is 24.5 Å². The number of fused-ring (bicyclic) bond motifs is 1. The molecule has 0 amide bonds. The zero-order valence-electron chi connectivity index (χ0n) is 21.1. The van der Waals surface area contributed by atoms with E-state index in [1.54, 1.807) is 29.2 Å². The smallest absolute Gasteiger partial charge is 0.387 e. The fourth-order valence-electron chi connectivity index (χ4n) is 4.41. The molecule has 5 rings (SSSR count). The molecule has 0 bridgehead atoms. The van der Waals surface area contributed by atoms with Gasteiger partial charge in [-0.05, 0) is 42.5 Å². The van der Waals surface area contributed by atoms with Crippen LogP contribution in [0.1, 0.15) is 35.6 Å². The summed E-state index contributed by atoms with van der Waals surface area (Å²) < 4.78 is 44.2. The average molecular weight is 587 g/mol. The quantitative estimate of drug-likeness (QED) is 0.186. The molecule has 206 valence electrons. The summed E-state index contributed by atoms with van der Waals surface area (Å²) in [6.07, 6.45) is 5.93. The van der Waals surface area contributed by atoms with Crippen molar-refractivity contribution >= 4 is 40.1 Å². The van der Waals surface area contributed by atoms with Crippen LogP contribution in [0, 0.1) is 17.2 Å². The summed E-state index contributed by atoms with van der Waals surface area (Å²) in [5.74, 6) is -0.208. The molecular formula is C29H24Cl2F2N3O4+. The predicted octanol–water partition coefficient (Wildman–Crippen LogP) is 6.55. The Morgan fingerprint density at radius 3 is 2.58 bits per heavy atom. The van der Waals surface area contributed by atoms with Crippen LogP contribution in [0.4, 0.5) is 8.78 Å². The Morgan fingerprint density at radius 2 is 1.88 bits per heavy atom. The lowest BCUT2D eigenvalue weighted by Crippen LogP contribution is -2.19. The summed E-state index contributed by atoms with van der Waals surface area (Å²) in [7, 11) is 0. The topological polar surface area (TPSA) is 87.6 Å². The van der Waals surface area contributed by atoms with E-state index in [1.165, 1.54) is 18.2 Å². The molecule has 0 radical (unpaired) electrons. The molecule has 1 fully saturated rings. The van der Waals surface area contributed by atoms with Gasteiger partial charge in [0.2, 0.25) is 0 Å². The van der Waals surface area contributed by atoms with Gasteiger partial charge in [0, 0.05) is 29.1 Å². The first-order chi connectivity index (χ1) is 19.3. The van der Waals surface area contributed by atoms with Crippen molar-refractivity contribution in [2.75, 3.05) is 6.61 Å². The molecular weight excluding hydrogens is 563 g/mol. The van der Waals surface area contributed by atoms with Gasteiger partial charge in [-0.1, -0.05) is 47.5 Å². The highest BCUT2D eigenvalue weighted by Crippen LogP contribution is 2.38. The van der Waals surface area contributed by atoms with Crippen LogP contribution in [0.2, 0.25) is 10.0 Å². The van der Waals surface area contributed by atoms with Gasteiger partial charge >= 0.3 is 12.6 Å². The third-order valence-corrected chi connectivity index (χ3v) is 7.27. The number of carbonyl (C=O) groups excluding carboxylic acids is 1. The van der Waals surface area contributed by atoms with Gasteiger partial charge in [0.25, 0.3) is 0 Å². The Kier molecular flexibility index (Phi) is 8.38. The summed E-state index contributed by atoms with van der Waals surface area (Å²) in [5, 5.41) is 10.9. The number of aromatic amines is 1. The molecule has 0 aliphatic heterocycles. The molecule has 1 aliphatic carbocycles. The van der Waals surface area contributed by atoms with Crippen LogP contribution in [0.3, 0.4) is 0 Å². The average Bonchev–Trinajstić information content (AvgIpc) is 3.70. The first-order valence-corrected chi connectivity index (χ1v) is 13.3. The number of nitrogens with one attached hydrogen (secondary N) is 1. The SMILES string of the molecule is N#Cc1cn(CC(=O)O[C@@H](Cc2c(Cl)c[nH+]cc2Cl)c2ccc(OC(F)F)c(OCC3CC3)c2)c2ccccc12. The minimum absolute atomic E-state index is 0.102. The number of carbonyl (C=O) groups is 1. The molecule has 7 nitrogen and oxygen atoms in total. The van der Waals surface area contributed by atoms with Crippen LogP contribution in [0.5, 0.6) is 11.5 Å². The van der Waals surface area contributed by atoms with Crippen LogP contribution >= 0.6 is 23.2 Å². The van der Waals surface area contributed by atoms with Crippen molar-refractivity contribution in [3.63, 3.8) is 0 Å². The van der Waals surface area contributed by atoms with Gasteiger partial charge < -0.3 is 18.8 Å². The number of ether oxygens (including phenoxy) is 3. The molecule has 2 aromatic heterocycles. The zero-order chi connectivity index (χ0) is 28.2. The Morgan fingerprint density at radius 1 is 1.12 bits per heavy atom. The second kappa shape index (κ2) is 12.1. The van der Waals surface area contributed by atoms with E-state index < -0.39 is 18.7 Å². The number of H-pyrrole nitrogens is 1. The zero-order valence-corrected chi connectivity index (χ0v) is 22.6. The number of hydrogen-bond donors (Lipinski definition) is 0. The summed E-state index contributed by atoms with van der Waals surface area (Å²) in [6.45, 7) is -2.84. The van der Waals surface area contributed by atoms with Crippen molar-refractivity contribution in [3.05, 3.63) is 87.8 Å². The highest BCUT2D eigenvalue weighted by atomic mass is 35.5. The molecule has 1 aliphatic rings. The molecule has 4 aromatic rings. The Balaban J connectivity index is 1.46. The van der Waals surface area contributed by atoms with Crippen LogP contribution in [-0.4, -0.2) is 23.8 Å². The number of para-hydroxylation sites is 1. The van der Waals surface area contributed by atoms with E-state index >= 15 is 0 Å². The van der Waals surface area contributed by atoms with Crippen LogP contribution < -0.4 is 14.5 Å². The van der Waals surface area contributed by atoms with Crippen molar-refractivity contribution in [2.45, 2.75) is 38.5 Å². The van der Waals surface area contributed by atoms with E-state index in [4.69, 9.17) is 32.7 Å². The lowest BCUT2D eigenvalue weighted by molar-refractivity contribution is -0.377. The predicted molar refractivity (Wildman–Crippen MR) is 144 cm³/mol. The fraction of sp³-hybridized carbons (Fsp3) is 0.276. The number of alkyl halides is 2. The number of aromatic nitrogens is 2. The van der Waals surface area contributed by atoms with E-state index in [2.05, 4.69) is 15.8 Å². The van der Waals surface area contributed by atoms with Crippen molar-refractivity contribution in [1.82, 2.24) is 4.57 Å². The van der Waals surface area contributed by atoms with Gasteiger partial charge in [-0.15, -0.1) is 0 Å². The Bertz CT molecular complexity index is 1560. The third kappa shape index (κ3) is 6.46.